The summed E-state index contributed by atoms with van der Waals surface area (Å²) in [5.74, 6) is 3.26. The van der Waals surface area contributed by atoms with Crippen molar-refractivity contribution in [3.8, 4) is 0 Å². The maximum absolute atomic E-state index is 12.8. The van der Waals surface area contributed by atoms with E-state index in [4.69, 9.17) is 0 Å². The monoisotopic (exact) mass is 424 g/mol. The maximum atomic E-state index is 12.8. The van der Waals surface area contributed by atoms with E-state index in [0.717, 1.165) is 24.7 Å². The lowest BCUT2D eigenvalue weighted by atomic mass is 9.43. The Bertz CT molecular complexity index is 797. The summed E-state index contributed by atoms with van der Waals surface area (Å²) in [7, 11) is 0. The summed E-state index contributed by atoms with van der Waals surface area (Å²) in [5, 5.41) is 0. The second-order valence-corrected chi connectivity index (χ2v) is 13.4. The van der Waals surface area contributed by atoms with Gasteiger partial charge in [0, 0.05) is 11.8 Å². The van der Waals surface area contributed by atoms with Crippen molar-refractivity contribution in [2.75, 3.05) is 0 Å². The number of allylic oxidation sites excluding steroid dienone is 4. The maximum Gasteiger partial charge on any atom is 0.138 e. The van der Waals surface area contributed by atoms with Crippen LogP contribution in [0.1, 0.15) is 113 Å². The summed E-state index contributed by atoms with van der Waals surface area (Å²) in [6.45, 7) is 19.4. The van der Waals surface area contributed by atoms with E-state index in [0.29, 0.717) is 28.4 Å². The Kier molecular flexibility index (Phi) is 5.71. The fourth-order valence-corrected chi connectivity index (χ4v) is 9.07. The molecular weight excluding hydrogens is 376 g/mol. The van der Waals surface area contributed by atoms with E-state index < -0.39 is 0 Å². The van der Waals surface area contributed by atoms with Crippen LogP contribution >= 0.6 is 0 Å². The minimum atomic E-state index is -0.152. The van der Waals surface area contributed by atoms with Gasteiger partial charge in [0.2, 0.25) is 0 Å². The van der Waals surface area contributed by atoms with Gasteiger partial charge in [-0.1, -0.05) is 78.7 Å². The zero-order valence-corrected chi connectivity index (χ0v) is 21.7. The molecule has 6 atom stereocenters. The molecule has 31 heavy (non-hydrogen) atoms. The van der Waals surface area contributed by atoms with Crippen LogP contribution in [0.5, 0.6) is 0 Å². The van der Waals surface area contributed by atoms with Crippen LogP contribution in [-0.4, -0.2) is 5.78 Å². The zero-order valence-electron chi connectivity index (χ0n) is 21.7. The van der Waals surface area contributed by atoms with Crippen molar-refractivity contribution in [1.29, 1.82) is 0 Å². The highest BCUT2D eigenvalue weighted by Crippen LogP contribution is 2.72. The number of rotatable bonds is 4. The molecule has 0 amide bonds. The first-order valence-electron chi connectivity index (χ1n) is 13.3. The third-order valence-electron chi connectivity index (χ3n) is 11.2. The van der Waals surface area contributed by atoms with Crippen molar-refractivity contribution >= 4 is 5.78 Å². The van der Waals surface area contributed by atoms with Crippen LogP contribution in [0.3, 0.4) is 0 Å². The van der Waals surface area contributed by atoms with Crippen molar-refractivity contribution in [2.45, 2.75) is 113 Å². The first kappa shape index (κ1) is 23.3. The van der Waals surface area contributed by atoms with Crippen LogP contribution in [0.4, 0.5) is 0 Å². The van der Waals surface area contributed by atoms with Gasteiger partial charge in [0.25, 0.3) is 0 Å². The van der Waals surface area contributed by atoms with Gasteiger partial charge in [-0.25, -0.2) is 0 Å². The molecule has 2 saturated carbocycles. The molecule has 0 bridgehead atoms. The molecule has 0 aromatic rings. The third kappa shape index (κ3) is 3.26. The lowest BCUT2D eigenvalue weighted by Crippen LogP contribution is -2.53. The average Bonchev–Trinajstić information content (AvgIpc) is 2.96. The van der Waals surface area contributed by atoms with Crippen molar-refractivity contribution in [1.82, 2.24) is 0 Å². The largest absolute Gasteiger partial charge is 0.299 e. The van der Waals surface area contributed by atoms with Gasteiger partial charge in [0.05, 0.1) is 0 Å². The van der Waals surface area contributed by atoms with E-state index in [1.165, 1.54) is 44.9 Å². The van der Waals surface area contributed by atoms with Gasteiger partial charge in [-0.2, -0.15) is 0 Å². The summed E-state index contributed by atoms with van der Waals surface area (Å²) in [6, 6.07) is 0. The fourth-order valence-electron chi connectivity index (χ4n) is 9.07. The Morgan fingerprint density at radius 3 is 2.29 bits per heavy atom. The minimum Gasteiger partial charge on any atom is -0.299 e. The van der Waals surface area contributed by atoms with E-state index in [1.54, 1.807) is 5.57 Å². The molecule has 1 nitrogen and oxygen atoms in total. The minimum absolute atomic E-state index is 0.152. The molecule has 0 heterocycles. The highest BCUT2D eigenvalue weighted by molar-refractivity contribution is 5.85. The number of Topliss-reactive ketones (excluding diaryl/α,β-unsaturated/α-hetero) is 1. The highest BCUT2D eigenvalue weighted by Gasteiger charge is 2.63. The van der Waals surface area contributed by atoms with Crippen LogP contribution in [0.15, 0.2) is 23.3 Å². The van der Waals surface area contributed by atoms with E-state index in [2.05, 4.69) is 67.5 Å². The SMILES string of the molecule is CC(C)C/C=C/[C@H](C)[C@H]1CC[C@]2(C)C3=C(CC[C@]12C)[C@]1(C)CCC(=O)C(C)(C)[C@@H]1CC3. The molecule has 0 N–H and O–H groups in total. The number of carbonyl (C=O) groups is 1. The van der Waals surface area contributed by atoms with Crippen LogP contribution in [-0.2, 0) is 4.79 Å². The van der Waals surface area contributed by atoms with Crippen molar-refractivity contribution < 1.29 is 4.79 Å². The Morgan fingerprint density at radius 1 is 0.903 bits per heavy atom. The van der Waals surface area contributed by atoms with E-state index in [1.807, 2.05) is 5.57 Å². The van der Waals surface area contributed by atoms with Gasteiger partial charge < -0.3 is 0 Å². The zero-order chi connectivity index (χ0) is 22.8. The topological polar surface area (TPSA) is 17.1 Å². The summed E-state index contributed by atoms with van der Waals surface area (Å²) >= 11 is 0. The van der Waals surface area contributed by atoms with E-state index >= 15 is 0 Å². The van der Waals surface area contributed by atoms with Crippen LogP contribution < -0.4 is 0 Å². The molecule has 4 aliphatic rings. The lowest BCUT2D eigenvalue weighted by Gasteiger charge is -2.60. The molecule has 0 aliphatic heterocycles. The van der Waals surface area contributed by atoms with E-state index in [9.17, 15) is 4.79 Å². The second kappa shape index (κ2) is 7.59. The van der Waals surface area contributed by atoms with E-state index in [-0.39, 0.29) is 10.8 Å². The molecule has 2 fully saturated rings. The molecule has 0 spiro atoms. The quantitative estimate of drug-likeness (QED) is 0.413. The molecule has 0 saturated heterocycles. The highest BCUT2D eigenvalue weighted by atomic mass is 16.1. The Hall–Kier alpha value is -0.850. The van der Waals surface area contributed by atoms with Crippen LogP contribution in [0, 0.1) is 45.3 Å². The number of ketones is 1. The van der Waals surface area contributed by atoms with Gasteiger partial charge in [-0.15, -0.1) is 0 Å². The lowest BCUT2D eigenvalue weighted by molar-refractivity contribution is -0.139. The van der Waals surface area contributed by atoms with Gasteiger partial charge >= 0.3 is 0 Å². The number of fused-ring (bicyclic) bond motifs is 4. The Labute approximate surface area is 192 Å². The molecule has 4 rings (SSSR count). The molecular formula is C30H48O. The summed E-state index contributed by atoms with van der Waals surface area (Å²) in [4.78, 5) is 12.8. The first-order valence-corrected chi connectivity index (χ1v) is 13.3. The molecule has 0 radical (unpaired) electrons. The number of carbonyl (C=O) groups excluding carboxylic acids is 1. The van der Waals surface area contributed by atoms with Crippen molar-refractivity contribution in [2.24, 2.45) is 45.3 Å². The predicted octanol–water partition coefficient (Wildman–Crippen LogP) is 8.54. The number of hydrogen-bond donors (Lipinski definition) is 0. The second-order valence-electron chi connectivity index (χ2n) is 13.4. The van der Waals surface area contributed by atoms with Gasteiger partial charge in [-0.05, 0) is 91.3 Å². The normalized spacial score (nSPS) is 43.2. The smallest absolute Gasteiger partial charge is 0.138 e. The molecule has 4 aliphatic carbocycles. The van der Waals surface area contributed by atoms with Gasteiger partial charge in [0.15, 0.2) is 0 Å². The fraction of sp³-hybridized carbons (Fsp3) is 0.833. The molecule has 0 aromatic carbocycles. The molecule has 0 aromatic heterocycles. The molecule has 0 unspecified atom stereocenters. The predicted molar refractivity (Wildman–Crippen MR) is 132 cm³/mol. The molecule has 174 valence electrons. The Balaban J connectivity index is 1.67. The summed E-state index contributed by atoms with van der Waals surface area (Å²) in [5.41, 5.74) is 4.50. The van der Waals surface area contributed by atoms with Crippen LogP contribution in [0.25, 0.3) is 0 Å². The van der Waals surface area contributed by atoms with Gasteiger partial charge in [0.1, 0.15) is 5.78 Å². The van der Waals surface area contributed by atoms with Gasteiger partial charge in [-0.3, -0.25) is 4.79 Å². The number of hydrogen-bond acceptors (Lipinski definition) is 1. The summed E-state index contributed by atoms with van der Waals surface area (Å²) < 4.78 is 0. The van der Waals surface area contributed by atoms with Crippen molar-refractivity contribution in [3.05, 3.63) is 23.3 Å². The van der Waals surface area contributed by atoms with Crippen LogP contribution in [0.2, 0.25) is 0 Å². The van der Waals surface area contributed by atoms with Crippen molar-refractivity contribution in [3.63, 3.8) is 0 Å². The average molecular weight is 425 g/mol. The Morgan fingerprint density at radius 2 is 1.61 bits per heavy atom. The summed E-state index contributed by atoms with van der Waals surface area (Å²) in [6.07, 6.45) is 15.9. The first-order chi connectivity index (χ1) is 14.4. The third-order valence-corrected chi connectivity index (χ3v) is 11.2. The molecule has 1 heteroatoms. The standard InChI is InChI=1S/C30H48O/c1-20(2)10-9-11-21(3)22-14-18-30(8)24-12-13-25-27(4,5)26(31)16-17-28(25,6)23(24)15-19-29(22,30)7/h9,11,20-22,25H,10,12-19H2,1-8H3/b11-9+/t21-,22+,25-,28-,29+,30+/m0/s1.